The summed E-state index contributed by atoms with van der Waals surface area (Å²) >= 11 is 0. The van der Waals surface area contributed by atoms with Gasteiger partial charge in [-0.05, 0) is 30.4 Å². The predicted octanol–water partition coefficient (Wildman–Crippen LogP) is 2.08. The lowest BCUT2D eigenvalue weighted by molar-refractivity contribution is 0.190. The van der Waals surface area contributed by atoms with Gasteiger partial charge in [-0.1, -0.05) is 0 Å². The number of nitrogens with zero attached hydrogens (tertiary/aromatic N) is 2. The van der Waals surface area contributed by atoms with Crippen molar-refractivity contribution in [3.63, 3.8) is 0 Å². The third-order valence-corrected chi connectivity index (χ3v) is 3.06. The van der Waals surface area contributed by atoms with Gasteiger partial charge in [0.2, 0.25) is 0 Å². The van der Waals surface area contributed by atoms with Crippen molar-refractivity contribution < 1.29 is 15.4 Å². The monoisotopic (exact) mass is 232 g/mol. The topological polar surface area (TPSA) is 78.5 Å². The molecule has 0 saturated heterocycles. The molecule has 2 aromatic rings. The summed E-state index contributed by atoms with van der Waals surface area (Å²) < 4.78 is 0.850. The molecule has 0 spiro atoms. The van der Waals surface area contributed by atoms with Gasteiger partial charge in [-0.3, -0.25) is 0 Å². The molecule has 1 saturated carbocycles. The molecule has 0 unspecified atom stereocenters. The van der Waals surface area contributed by atoms with Crippen LogP contribution in [0.2, 0.25) is 0 Å². The van der Waals surface area contributed by atoms with E-state index in [0.29, 0.717) is 17.2 Å². The maximum Gasteiger partial charge on any atom is 0.132 e. The van der Waals surface area contributed by atoms with Crippen molar-refractivity contribution in [1.82, 2.24) is 9.71 Å². The first-order valence-electron chi connectivity index (χ1n) is 5.44. The summed E-state index contributed by atoms with van der Waals surface area (Å²) in [5.74, 6) is 0.407. The van der Waals surface area contributed by atoms with Gasteiger partial charge in [0.15, 0.2) is 0 Å². The molecule has 1 fully saturated rings. The van der Waals surface area contributed by atoms with Crippen molar-refractivity contribution in [3.8, 4) is 22.8 Å². The minimum atomic E-state index is -0.0669. The molecular weight excluding hydrogens is 220 g/mol. The van der Waals surface area contributed by atoms with Gasteiger partial charge < -0.3 is 15.4 Å². The van der Waals surface area contributed by atoms with Crippen LogP contribution in [0.15, 0.2) is 24.7 Å². The third-order valence-electron chi connectivity index (χ3n) is 3.06. The van der Waals surface area contributed by atoms with Gasteiger partial charge in [-0.25, -0.2) is 4.98 Å². The molecule has 88 valence electrons. The lowest BCUT2D eigenvalue weighted by Gasteiger charge is -2.09. The van der Waals surface area contributed by atoms with E-state index in [1.807, 2.05) is 0 Å². The second-order valence-corrected chi connectivity index (χ2v) is 4.33. The number of benzene rings is 1. The molecule has 3 N–H and O–H groups in total. The van der Waals surface area contributed by atoms with Gasteiger partial charge in [0.1, 0.15) is 23.5 Å². The summed E-state index contributed by atoms with van der Waals surface area (Å²) in [7, 11) is 0. The van der Waals surface area contributed by atoms with Crippen LogP contribution in [0.25, 0.3) is 11.3 Å². The zero-order valence-corrected chi connectivity index (χ0v) is 9.04. The highest BCUT2D eigenvalue weighted by atomic mass is 16.5. The number of imidazole rings is 1. The summed E-state index contributed by atoms with van der Waals surface area (Å²) in [6.45, 7) is 0. The molecule has 5 heteroatoms. The Kier molecular flexibility index (Phi) is 2.01. The van der Waals surface area contributed by atoms with E-state index in [2.05, 4.69) is 4.98 Å². The largest absolute Gasteiger partial charge is 0.508 e. The number of phenolic OH excluding ortho intramolecular Hbond substituents is 2. The van der Waals surface area contributed by atoms with Crippen LogP contribution in [0.5, 0.6) is 11.5 Å². The number of aromatic hydroxyl groups is 2. The fourth-order valence-electron chi connectivity index (χ4n) is 2.00. The van der Waals surface area contributed by atoms with E-state index in [-0.39, 0.29) is 11.5 Å². The summed E-state index contributed by atoms with van der Waals surface area (Å²) in [6, 6.07) is 3.03. The zero-order chi connectivity index (χ0) is 12.0. The molecule has 0 amide bonds. The van der Waals surface area contributed by atoms with Gasteiger partial charge in [-0.15, -0.1) is 0 Å². The van der Waals surface area contributed by atoms with Crippen LogP contribution >= 0.6 is 0 Å². The quantitative estimate of drug-likeness (QED) is 0.692. The Balaban J connectivity index is 2.16. The molecule has 0 atom stereocenters. The first-order chi connectivity index (χ1) is 8.16. The van der Waals surface area contributed by atoms with E-state index in [1.54, 1.807) is 6.07 Å². The fourth-order valence-corrected chi connectivity index (χ4v) is 2.00. The van der Waals surface area contributed by atoms with E-state index < -0.39 is 0 Å². The minimum Gasteiger partial charge on any atom is -0.508 e. The maximum atomic E-state index is 9.80. The number of rotatable bonds is 2. The van der Waals surface area contributed by atoms with Crippen LogP contribution in [0, 0.1) is 0 Å². The molecule has 1 aromatic carbocycles. The van der Waals surface area contributed by atoms with Gasteiger partial charge in [0, 0.05) is 11.6 Å². The van der Waals surface area contributed by atoms with E-state index >= 15 is 0 Å². The highest BCUT2D eigenvalue weighted by molar-refractivity contribution is 5.70. The van der Waals surface area contributed by atoms with Crippen LogP contribution in [-0.4, -0.2) is 25.1 Å². The Labute approximate surface area is 97.6 Å². The average molecular weight is 232 g/mol. The van der Waals surface area contributed by atoms with E-state index in [9.17, 15) is 15.4 Å². The number of aromatic nitrogens is 2. The Morgan fingerprint density at radius 3 is 2.53 bits per heavy atom. The summed E-state index contributed by atoms with van der Waals surface area (Å²) in [6.07, 6.45) is 4.81. The second-order valence-electron chi connectivity index (χ2n) is 4.33. The maximum absolute atomic E-state index is 9.80. The van der Waals surface area contributed by atoms with Crippen molar-refractivity contribution in [3.05, 3.63) is 30.2 Å². The highest BCUT2D eigenvalue weighted by Gasteiger charge is 2.28. The van der Waals surface area contributed by atoms with Crippen molar-refractivity contribution in [2.45, 2.75) is 18.8 Å². The smallest absolute Gasteiger partial charge is 0.132 e. The Bertz CT molecular complexity index is 573. The summed E-state index contributed by atoms with van der Waals surface area (Å²) in [5, 5.41) is 29.1. The number of phenols is 2. The van der Waals surface area contributed by atoms with Crippen LogP contribution in [-0.2, 0) is 0 Å². The normalized spacial score (nSPS) is 15.1. The van der Waals surface area contributed by atoms with E-state index in [1.165, 1.54) is 18.6 Å². The Morgan fingerprint density at radius 1 is 1.18 bits per heavy atom. The van der Waals surface area contributed by atoms with Gasteiger partial charge in [-0.2, -0.15) is 4.73 Å². The molecule has 3 rings (SSSR count). The van der Waals surface area contributed by atoms with Crippen molar-refractivity contribution in [1.29, 1.82) is 0 Å². The van der Waals surface area contributed by atoms with Gasteiger partial charge in [0.25, 0.3) is 0 Å². The molecule has 1 aromatic heterocycles. The van der Waals surface area contributed by atoms with Crippen molar-refractivity contribution >= 4 is 0 Å². The van der Waals surface area contributed by atoms with E-state index in [4.69, 9.17) is 0 Å². The highest BCUT2D eigenvalue weighted by Crippen LogP contribution is 2.47. The molecule has 5 nitrogen and oxygen atoms in total. The van der Waals surface area contributed by atoms with Gasteiger partial charge in [0.05, 0.1) is 6.20 Å². The fraction of sp³-hybridized carbons (Fsp3) is 0.250. The minimum absolute atomic E-state index is 0.0669. The third kappa shape index (κ3) is 1.60. The molecule has 0 bridgehead atoms. The summed E-state index contributed by atoms with van der Waals surface area (Å²) in [4.78, 5) is 3.79. The molecule has 0 aliphatic heterocycles. The Hall–Kier alpha value is -2.17. The molecule has 1 aliphatic carbocycles. The lowest BCUT2D eigenvalue weighted by Crippen LogP contribution is -1.93. The van der Waals surface area contributed by atoms with E-state index in [0.717, 1.165) is 23.1 Å². The first-order valence-corrected chi connectivity index (χ1v) is 5.44. The van der Waals surface area contributed by atoms with Crippen LogP contribution in [0.1, 0.15) is 24.3 Å². The van der Waals surface area contributed by atoms with Crippen molar-refractivity contribution in [2.75, 3.05) is 0 Å². The number of hydrogen-bond donors (Lipinski definition) is 3. The summed E-state index contributed by atoms with van der Waals surface area (Å²) in [5.41, 5.74) is 1.70. The molecular formula is C12H12N2O3. The number of hydrogen-bond acceptors (Lipinski definition) is 4. The predicted molar refractivity (Wildman–Crippen MR) is 60.2 cm³/mol. The molecule has 17 heavy (non-hydrogen) atoms. The van der Waals surface area contributed by atoms with Crippen LogP contribution < -0.4 is 0 Å². The second kappa shape index (κ2) is 3.41. The lowest BCUT2D eigenvalue weighted by atomic mass is 10.0. The molecule has 0 radical (unpaired) electrons. The Morgan fingerprint density at radius 2 is 1.94 bits per heavy atom. The van der Waals surface area contributed by atoms with Gasteiger partial charge >= 0.3 is 0 Å². The zero-order valence-electron chi connectivity index (χ0n) is 9.04. The molecule has 1 heterocycles. The average Bonchev–Trinajstić information content (AvgIpc) is 3.03. The van der Waals surface area contributed by atoms with Crippen LogP contribution in [0.4, 0.5) is 0 Å². The molecule has 1 aliphatic rings. The standard InChI is InChI=1S/C12H12N2O3/c15-11-4-12(16)9(3-8(11)7-1-2-7)10-5-13-6-14(10)17/h3-7,15-17H,1-2H2. The van der Waals surface area contributed by atoms with Crippen molar-refractivity contribution in [2.24, 2.45) is 0 Å². The first kappa shape index (κ1) is 10.0. The van der Waals surface area contributed by atoms with Crippen LogP contribution in [0.3, 0.4) is 0 Å². The SMILES string of the molecule is Oc1cc(O)c(C2CC2)cc1-c1cncn1O.